The largest absolute Gasteiger partial charge is 0.478 e. The lowest BCUT2D eigenvalue weighted by Gasteiger charge is -2.13. The highest BCUT2D eigenvalue weighted by atomic mass is 19.3. The summed E-state index contributed by atoms with van der Waals surface area (Å²) in [6, 6.07) is 7.31. The first-order chi connectivity index (χ1) is 9.50. The van der Waals surface area contributed by atoms with Crippen molar-refractivity contribution in [1.29, 1.82) is 0 Å². The van der Waals surface area contributed by atoms with E-state index in [-0.39, 0.29) is 16.9 Å². The van der Waals surface area contributed by atoms with Crippen LogP contribution >= 0.6 is 0 Å². The van der Waals surface area contributed by atoms with E-state index in [1.54, 1.807) is 13.0 Å². The SMILES string of the molecule is Cc1c(Nc2ncccc2C(=O)O)cccc1C(F)F. The molecule has 0 aliphatic heterocycles. The van der Waals surface area contributed by atoms with Crippen molar-refractivity contribution in [3.05, 3.63) is 53.2 Å². The second-order valence-electron chi connectivity index (χ2n) is 4.15. The molecule has 1 heterocycles. The van der Waals surface area contributed by atoms with Gasteiger partial charge in [0.2, 0.25) is 0 Å². The highest BCUT2D eigenvalue weighted by molar-refractivity contribution is 5.94. The molecule has 2 N–H and O–H groups in total. The summed E-state index contributed by atoms with van der Waals surface area (Å²) < 4.78 is 25.6. The third-order valence-corrected chi connectivity index (χ3v) is 2.90. The van der Waals surface area contributed by atoms with Gasteiger partial charge < -0.3 is 10.4 Å². The minimum Gasteiger partial charge on any atom is -0.478 e. The Labute approximate surface area is 114 Å². The molecule has 0 aliphatic rings. The van der Waals surface area contributed by atoms with Crippen LogP contribution in [0.4, 0.5) is 20.3 Å². The third kappa shape index (κ3) is 2.74. The molecule has 1 aromatic heterocycles. The number of benzene rings is 1. The molecule has 104 valence electrons. The van der Waals surface area contributed by atoms with E-state index >= 15 is 0 Å². The number of anilines is 2. The van der Waals surface area contributed by atoms with Crippen molar-refractivity contribution >= 4 is 17.5 Å². The topological polar surface area (TPSA) is 62.2 Å². The highest BCUT2D eigenvalue weighted by Gasteiger charge is 2.15. The van der Waals surface area contributed by atoms with E-state index in [4.69, 9.17) is 5.11 Å². The smallest absolute Gasteiger partial charge is 0.339 e. The van der Waals surface area contributed by atoms with Crippen molar-refractivity contribution in [1.82, 2.24) is 4.98 Å². The van der Waals surface area contributed by atoms with Crippen molar-refractivity contribution in [3.8, 4) is 0 Å². The van der Waals surface area contributed by atoms with Crippen molar-refractivity contribution in [2.24, 2.45) is 0 Å². The Morgan fingerprint density at radius 3 is 2.70 bits per heavy atom. The van der Waals surface area contributed by atoms with Crippen LogP contribution in [0.1, 0.15) is 27.9 Å². The van der Waals surface area contributed by atoms with Crippen LogP contribution in [0.15, 0.2) is 36.5 Å². The molecule has 0 bridgehead atoms. The van der Waals surface area contributed by atoms with Crippen LogP contribution in [-0.2, 0) is 0 Å². The average Bonchev–Trinajstić information content (AvgIpc) is 2.41. The molecule has 2 aromatic rings. The van der Waals surface area contributed by atoms with Crippen molar-refractivity contribution in [2.75, 3.05) is 5.32 Å². The minimum atomic E-state index is -2.58. The van der Waals surface area contributed by atoms with Gasteiger partial charge in [-0.2, -0.15) is 0 Å². The first-order valence-corrected chi connectivity index (χ1v) is 5.83. The number of carboxylic acid groups (broad SMARTS) is 1. The van der Waals surface area contributed by atoms with Gasteiger partial charge in [0.15, 0.2) is 0 Å². The lowest BCUT2D eigenvalue weighted by Crippen LogP contribution is -2.06. The number of nitrogens with one attached hydrogen (secondary N) is 1. The van der Waals surface area contributed by atoms with Crippen molar-refractivity contribution < 1.29 is 18.7 Å². The zero-order valence-corrected chi connectivity index (χ0v) is 10.6. The zero-order valence-electron chi connectivity index (χ0n) is 10.6. The molecule has 0 saturated heterocycles. The van der Waals surface area contributed by atoms with Crippen LogP contribution in [-0.4, -0.2) is 16.1 Å². The normalized spacial score (nSPS) is 10.6. The summed E-state index contributed by atoms with van der Waals surface area (Å²) in [5, 5.41) is 11.8. The Morgan fingerprint density at radius 2 is 2.05 bits per heavy atom. The number of nitrogens with zero attached hydrogens (tertiary/aromatic N) is 1. The quantitative estimate of drug-likeness (QED) is 0.893. The fraction of sp³-hybridized carbons (Fsp3) is 0.143. The predicted octanol–water partition coefficient (Wildman–Crippen LogP) is 3.77. The number of hydrogen-bond acceptors (Lipinski definition) is 3. The Kier molecular flexibility index (Phi) is 3.93. The number of aromatic carboxylic acids is 1. The standard InChI is InChI=1S/C14H12F2N2O2/c1-8-9(12(15)16)4-2-6-11(8)18-13-10(14(19)20)5-3-7-17-13/h2-7,12H,1H3,(H,17,18)(H,19,20). The summed E-state index contributed by atoms with van der Waals surface area (Å²) in [6.45, 7) is 1.55. The molecular weight excluding hydrogens is 266 g/mol. The van der Waals surface area contributed by atoms with Crippen LogP contribution in [0.25, 0.3) is 0 Å². The second kappa shape index (κ2) is 5.64. The van der Waals surface area contributed by atoms with E-state index in [0.29, 0.717) is 11.3 Å². The van der Waals surface area contributed by atoms with Crippen LogP contribution in [0.2, 0.25) is 0 Å². The number of carbonyl (C=O) groups is 1. The Morgan fingerprint density at radius 1 is 1.30 bits per heavy atom. The molecule has 0 amide bonds. The van der Waals surface area contributed by atoms with E-state index in [1.807, 2.05) is 0 Å². The van der Waals surface area contributed by atoms with Gasteiger partial charge in [-0.15, -0.1) is 0 Å². The maximum absolute atomic E-state index is 12.8. The van der Waals surface area contributed by atoms with Crippen LogP contribution in [0.5, 0.6) is 0 Å². The molecule has 0 unspecified atom stereocenters. The molecular formula is C14H12F2N2O2. The van der Waals surface area contributed by atoms with Gasteiger partial charge in [-0.05, 0) is 30.7 Å². The first kappa shape index (κ1) is 13.9. The fourth-order valence-corrected chi connectivity index (χ4v) is 1.83. The summed E-state index contributed by atoms with van der Waals surface area (Å²) in [5.41, 5.74) is 0.658. The van der Waals surface area contributed by atoms with E-state index in [1.165, 1.54) is 30.5 Å². The molecule has 6 heteroatoms. The van der Waals surface area contributed by atoms with Gasteiger partial charge in [-0.1, -0.05) is 12.1 Å². The van der Waals surface area contributed by atoms with E-state index in [0.717, 1.165) is 0 Å². The van der Waals surface area contributed by atoms with Crippen molar-refractivity contribution in [2.45, 2.75) is 13.3 Å². The molecule has 1 aromatic carbocycles. The Balaban J connectivity index is 2.41. The first-order valence-electron chi connectivity index (χ1n) is 5.83. The van der Waals surface area contributed by atoms with Gasteiger partial charge in [0.05, 0.1) is 0 Å². The maximum atomic E-state index is 12.8. The molecule has 2 rings (SSSR count). The van der Waals surface area contributed by atoms with Crippen LogP contribution < -0.4 is 5.32 Å². The maximum Gasteiger partial charge on any atom is 0.339 e. The van der Waals surface area contributed by atoms with Gasteiger partial charge in [0.25, 0.3) is 6.43 Å². The summed E-state index contributed by atoms with van der Waals surface area (Å²) in [7, 11) is 0. The second-order valence-corrected chi connectivity index (χ2v) is 4.15. The zero-order chi connectivity index (χ0) is 14.7. The summed E-state index contributed by atoms with van der Waals surface area (Å²) in [5.74, 6) is -1.02. The van der Waals surface area contributed by atoms with Gasteiger partial charge in [0.1, 0.15) is 11.4 Å². The van der Waals surface area contributed by atoms with Crippen molar-refractivity contribution in [3.63, 3.8) is 0 Å². The lowest BCUT2D eigenvalue weighted by molar-refractivity contribution is 0.0697. The predicted molar refractivity (Wildman–Crippen MR) is 70.6 cm³/mol. The monoisotopic (exact) mass is 278 g/mol. The molecule has 0 fully saturated rings. The summed E-state index contributed by atoms with van der Waals surface area (Å²) in [4.78, 5) is 15.0. The molecule has 0 aliphatic carbocycles. The van der Waals surface area contributed by atoms with Gasteiger partial charge in [0, 0.05) is 17.4 Å². The molecule has 4 nitrogen and oxygen atoms in total. The lowest BCUT2D eigenvalue weighted by atomic mass is 10.1. The van der Waals surface area contributed by atoms with E-state index < -0.39 is 12.4 Å². The average molecular weight is 278 g/mol. The molecule has 20 heavy (non-hydrogen) atoms. The fourth-order valence-electron chi connectivity index (χ4n) is 1.83. The van der Waals surface area contributed by atoms with Gasteiger partial charge in [-0.3, -0.25) is 0 Å². The summed E-state index contributed by atoms with van der Waals surface area (Å²) >= 11 is 0. The molecule has 0 radical (unpaired) electrons. The number of aromatic nitrogens is 1. The van der Waals surface area contributed by atoms with Crippen LogP contribution in [0.3, 0.4) is 0 Å². The Bertz CT molecular complexity index is 645. The number of pyridine rings is 1. The number of carboxylic acids is 1. The third-order valence-electron chi connectivity index (χ3n) is 2.90. The molecule has 0 atom stereocenters. The van der Waals surface area contributed by atoms with Crippen LogP contribution in [0, 0.1) is 6.92 Å². The molecule has 0 saturated carbocycles. The number of alkyl halides is 2. The number of hydrogen-bond donors (Lipinski definition) is 2. The van der Waals surface area contributed by atoms with E-state index in [9.17, 15) is 13.6 Å². The number of halogens is 2. The molecule has 0 spiro atoms. The van der Waals surface area contributed by atoms with Gasteiger partial charge in [-0.25, -0.2) is 18.6 Å². The Hall–Kier alpha value is -2.50. The van der Waals surface area contributed by atoms with Gasteiger partial charge >= 0.3 is 5.97 Å². The minimum absolute atomic E-state index is 0.0191. The summed E-state index contributed by atoms with van der Waals surface area (Å²) in [6.07, 6.45) is -1.15. The van der Waals surface area contributed by atoms with E-state index in [2.05, 4.69) is 10.3 Å². The highest BCUT2D eigenvalue weighted by Crippen LogP contribution is 2.29. The number of rotatable bonds is 4.